The maximum absolute atomic E-state index is 12.9. The van der Waals surface area contributed by atoms with Gasteiger partial charge >= 0.3 is 5.97 Å². The first-order chi connectivity index (χ1) is 13.5. The van der Waals surface area contributed by atoms with E-state index in [-0.39, 0.29) is 0 Å². The van der Waals surface area contributed by atoms with Gasteiger partial charge in [-0.15, -0.1) is 0 Å². The molecular formula is C21H21ClN2O4. The third kappa shape index (κ3) is 4.51. The summed E-state index contributed by atoms with van der Waals surface area (Å²) >= 11 is 5.96. The lowest BCUT2D eigenvalue weighted by molar-refractivity contribution is -0.156. The Bertz CT molecular complexity index is 888. The van der Waals surface area contributed by atoms with Gasteiger partial charge < -0.3 is 9.15 Å². The smallest absolute Gasteiger partial charge is 0.331 e. The number of esters is 1. The Morgan fingerprint density at radius 3 is 2.75 bits per heavy atom. The van der Waals surface area contributed by atoms with Crippen LogP contribution in [0.4, 0.5) is 0 Å². The van der Waals surface area contributed by atoms with Gasteiger partial charge in [-0.2, -0.15) is 5.10 Å². The molecule has 6 nitrogen and oxygen atoms in total. The van der Waals surface area contributed by atoms with Crippen LogP contribution >= 0.6 is 11.6 Å². The van der Waals surface area contributed by atoms with E-state index in [1.165, 1.54) is 18.0 Å². The first-order valence-corrected chi connectivity index (χ1v) is 9.44. The van der Waals surface area contributed by atoms with E-state index in [0.717, 1.165) is 11.3 Å². The maximum Gasteiger partial charge on any atom is 0.331 e. The van der Waals surface area contributed by atoms with Crippen LogP contribution < -0.4 is 0 Å². The predicted molar refractivity (Wildman–Crippen MR) is 106 cm³/mol. The summed E-state index contributed by atoms with van der Waals surface area (Å²) in [4.78, 5) is 24.8. The van der Waals surface area contributed by atoms with Crippen molar-refractivity contribution >= 4 is 29.2 Å². The lowest BCUT2D eigenvalue weighted by atomic mass is 10.0. The molecule has 1 aliphatic heterocycles. The lowest BCUT2D eigenvalue weighted by Gasteiger charge is -2.22. The molecule has 2 aromatic rings. The fourth-order valence-corrected chi connectivity index (χ4v) is 3.02. The van der Waals surface area contributed by atoms with Gasteiger partial charge in [-0.1, -0.05) is 36.7 Å². The monoisotopic (exact) mass is 400 g/mol. The Labute approximate surface area is 168 Å². The van der Waals surface area contributed by atoms with Gasteiger partial charge in [-0.3, -0.25) is 4.79 Å². The lowest BCUT2D eigenvalue weighted by Crippen LogP contribution is -2.37. The number of ether oxygens (including phenoxy) is 1. The molecule has 2 atom stereocenters. The average Bonchev–Trinajstić information content (AvgIpc) is 3.35. The van der Waals surface area contributed by atoms with Crippen molar-refractivity contribution in [3.63, 3.8) is 0 Å². The van der Waals surface area contributed by atoms with Gasteiger partial charge in [0.25, 0.3) is 5.91 Å². The minimum absolute atomic E-state index is 0.402. The predicted octanol–water partition coefficient (Wildman–Crippen LogP) is 4.51. The fourth-order valence-electron chi connectivity index (χ4n) is 2.90. The molecule has 7 heteroatoms. The molecule has 0 aliphatic carbocycles. The number of carbonyl (C=O) groups excluding carboxylic acids is 2. The zero-order valence-electron chi connectivity index (χ0n) is 15.7. The quantitative estimate of drug-likeness (QED) is 0.528. The highest BCUT2D eigenvalue weighted by atomic mass is 35.5. The molecule has 0 radical (unpaired) electrons. The SMILES string of the molecule is CC/C=C/C(=O)O[C@@H](C)C(=O)N1N=C(c2ccc(Cl)cc2)C[C@H]1c1ccco1. The molecule has 0 saturated heterocycles. The normalized spacial score (nSPS) is 17.6. The molecule has 1 amide bonds. The number of hydrogen-bond acceptors (Lipinski definition) is 5. The summed E-state index contributed by atoms with van der Waals surface area (Å²) < 4.78 is 10.7. The molecule has 0 unspecified atom stereocenters. The number of furan rings is 1. The minimum atomic E-state index is -0.972. The van der Waals surface area contributed by atoms with Crippen molar-refractivity contribution < 1.29 is 18.7 Å². The van der Waals surface area contributed by atoms with Crippen LogP contribution in [-0.2, 0) is 14.3 Å². The van der Waals surface area contributed by atoms with Gasteiger partial charge in [0.2, 0.25) is 0 Å². The number of benzene rings is 1. The second-order valence-corrected chi connectivity index (χ2v) is 6.80. The number of amides is 1. The number of hydrogen-bond donors (Lipinski definition) is 0. The fraction of sp³-hybridized carbons (Fsp3) is 0.286. The summed E-state index contributed by atoms with van der Waals surface area (Å²) in [5.41, 5.74) is 1.60. The van der Waals surface area contributed by atoms with Gasteiger partial charge in [0.1, 0.15) is 11.8 Å². The third-order valence-corrected chi connectivity index (χ3v) is 4.57. The van der Waals surface area contributed by atoms with Gasteiger partial charge in [-0.05, 0) is 43.2 Å². The minimum Gasteiger partial charge on any atom is -0.467 e. The van der Waals surface area contributed by atoms with Crippen LogP contribution in [0.15, 0.2) is 64.3 Å². The largest absolute Gasteiger partial charge is 0.467 e. The standard InChI is InChI=1S/C21H21ClN2O4/c1-3-4-7-20(25)28-14(2)21(26)24-18(19-6-5-12-27-19)13-17(23-24)15-8-10-16(22)11-9-15/h4-12,14,18H,3,13H2,1-2H3/b7-4+/t14-,18-/m0/s1. The summed E-state index contributed by atoms with van der Waals surface area (Å²) in [6, 6.07) is 10.4. The van der Waals surface area contributed by atoms with Crippen molar-refractivity contribution in [3.8, 4) is 0 Å². The summed E-state index contributed by atoms with van der Waals surface area (Å²) in [5, 5.41) is 6.47. The Balaban J connectivity index is 1.83. The number of carbonyl (C=O) groups is 2. The van der Waals surface area contributed by atoms with Crippen LogP contribution in [0.1, 0.15) is 44.1 Å². The highest BCUT2D eigenvalue weighted by molar-refractivity contribution is 6.30. The van der Waals surface area contributed by atoms with Crippen LogP contribution in [0.25, 0.3) is 0 Å². The molecule has 146 valence electrons. The molecule has 0 spiro atoms. The highest BCUT2D eigenvalue weighted by Gasteiger charge is 2.37. The van der Waals surface area contributed by atoms with E-state index in [4.69, 9.17) is 20.8 Å². The van der Waals surface area contributed by atoms with Crippen molar-refractivity contribution in [1.29, 1.82) is 0 Å². The van der Waals surface area contributed by atoms with Crippen molar-refractivity contribution in [2.75, 3.05) is 0 Å². The van der Waals surface area contributed by atoms with E-state index in [1.807, 2.05) is 19.1 Å². The van der Waals surface area contributed by atoms with Crippen molar-refractivity contribution in [1.82, 2.24) is 5.01 Å². The second kappa shape index (κ2) is 8.89. The Morgan fingerprint density at radius 2 is 2.11 bits per heavy atom. The number of nitrogens with zero attached hydrogens (tertiary/aromatic N) is 2. The zero-order chi connectivity index (χ0) is 20.1. The van der Waals surface area contributed by atoms with Crippen LogP contribution in [-0.4, -0.2) is 28.7 Å². The van der Waals surface area contributed by atoms with E-state index in [1.54, 1.807) is 36.6 Å². The van der Waals surface area contributed by atoms with Crippen LogP contribution in [0.3, 0.4) is 0 Å². The van der Waals surface area contributed by atoms with E-state index in [0.29, 0.717) is 23.6 Å². The van der Waals surface area contributed by atoms with Crippen molar-refractivity contribution in [2.45, 2.75) is 38.8 Å². The van der Waals surface area contributed by atoms with E-state index in [9.17, 15) is 9.59 Å². The number of halogens is 1. The Kier molecular flexibility index (Phi) is 6.31. The van der Waals surface area contributed by atoms with Gasteiger partial charge in [0.15, 0.2) is 6.10 Å². The van der Waals surface area contributed by atoms with Crippen molar-refractivity contribution in [3.05, 3.63) is 71.2 Å². The van der Waals surface area contributed by atoms with Crippen LogP contribution in [0.2, 0.25) is 5.02 Å². The van der Waals surface area contributed by atoms with Gasteiger partial charge in [0.05, 0.1) is 12.0 Å². The molecule has 3 rings (SSSR count). The second-order valence-electron chi connectivity index (χ2n) is 6.36. The number of rotatable bonds is 6. The molecule has 2 heterocycles. The summed E-state index contributed by atoms with van der Waals surface area (Å²) in [7, 11) is 0. The van der Waals surface area contributed by atoms with E-state index in [2.05, 4.69) is 5.10 Å². The van der Waals surface area contributed by atoms with Crippen molar-refractivity contribution in [2.24, 2.45) is 5.10 Å². The molecule has 1 aromatic carbocycles. The third-order valence-electron chi connectivity index (χ3n) is 4.32. The summed E-state index contributed by atoms with van der Waals surface area (Å²) in [6.45, 7) is 3.44. The van der Waals surface area contributed by atoms with Gasteiger partial charge in [-0.25, -0.2) is 9.80 Å². The zero-order valence-corrected chi connectivity index (χ0v) is 16.4. The molecule has 1 aliphatic rings. The number of allylic oxidation sites excluding steroid dienone is 1. The van der Waals surface area contributed by atoms with Gasteiger partial charge in [0, 0.05) is 17.5 Å². The topological polar surface area (TPSA) is 72.1 Å². The molecule has 0 bridgehead atoms. The molecule has 0 saturated carbocycles. The van der Waals surface area contributed by atoms with E-state index >= 15 is 0 Å². The molecule has 28 heavy (non-hydrogen) atoms. The molecule has 0 fully saturated rings. The maximum atomic E-state index is 12.9. The highest BCUT2D eigenvalue weighted by Crippen LogP contribution is 2.34. The Hall–Kier alpha value is -2.86. The van der Waals surface area contributed by atoms with Crippen LogP contribution in [0, 0.1) is 0 Å². The molecule has 1 aromatic heterocycles. The molecular weight excluding hydrogens is 380 g/mol. The molecule has 0 N–H and O–H groups in total. The van der Waals surface area contributed by atoms with Crippen LogP contribution in [0.5, 0.6) is 0 Å². The summed E-state index contributed by atoms with van der Waals surface area (Å²) in [5.74, 6) is -0.354. The summed E-state index contributed by atoms with van der Waals surface area (Å²) in [6.07, 6.45) is 4.77. The van der Waals surface area contributed by atoms with E-state index < -0.39 is 24.0 Å². The number of hydrazone groups is 1. The average molecular weight is 401 g/mol. The first-order valence-electron chi connectivity index (χ1n) is 9.06. The first kappa shape index (κ1) is 19.9. The Morgan fingerprint density at radius 1 is 1.36 bits per heavy atom.